The number of benzene rings is 1. The maximum absolute atomic E-state index is 12.2. The number of carbonyl (C=O) groups excluding carboxylic acids is 2. The highest BCUT2D eigenvalue weighted by atomic mass is 32.2. The molecule has 1 heterocycles. The fourth-order valence-corrected chi connectivity index (χ4v) is 4.21. The van der Waals surface area contributed by atoms with Gasteiger partial charge < -0.3 is 10.1 Å². The Labute approximate surface area is 156 Å². The summed E-state index contributed by atoms with van der Waals surface area (Å²) in [6.07, 6.45) is 1.23. The normalized spacial score (nSPS) is 11.0. The molecule has 1 aromatic heterocycles. The molecule has 2 rings (SSSR count). The van der Waals surface area contributed by atoms with Gasteiger partial charge in [0.2, 0.25) is 5.91 Å². The first kappa shape index (κ1) is 19.9. The van der Waals surface area contributed by atoms with Crippen molar-refractivity contribution in [2.45, 2.75) is 6.92 Å². The van der Waals surface area contributed by atoms with E-state index >= 15 is 0 Å². The van der Waals surface area contributed by atoms with Gasteiger partial charge in [0.15, 0.2) is 9.84 Å². The van der Waals surface area contributed by atoms with E-state index in [1.54, 1.807) is 13.0 Å². The van der Waals surface area contributed by atoms with Crippen LogP contribution in [0.25, 0.3) is 10.4 Å². The molecule has 0 fully saturated rings. The number of hydrogen-bond donors (Lipinski definition) is 1. The van der Waals surface area contributed by atoms with Crippen molar-refractivity contribution in [3.05, 3.63) is 54.6 Å². The number of sulfone groups is 1. The molecule has 0 unspecified atom stereocenters. The van der Waals surface area contributed by atoms with E-state index in [1.165, 1.54) is 17.4 Å². The second-order valence-corrected chi connectivity index (χ2v) is 8.49. The predicted octanol–water partition coefficient (Wildman–Crippen LogP) is 3.13. The van der Waals surface area contributed by atoms with Gasteiger partial charge in [-0.1, -0.05) is 36.4 Å². The van der Waals surface area contributed by atoms with Gasteiger partial charge in [-0.05, 0) is 18.6 Å². The first-order valence-corrected chi connectivity index (χ1v) is 10.5. The van der Waals surface area contributed by atoms with Crippen LogP contribution in [0.15, 0.2) is 49.1 Å². The van der Waals surface area contributed by atoms with Crippen molar-refractivity contribution in [1.82, 2.24) is 0 Å². The third-order valence-electron chi connectivity index (χ3n) is 3.26. The average molecular weight is 393 g/mol. The maximum atomic E-state index is 12.2. The van der Waals surface area contributed by atoms with Gasteiger partial charge in [-0.2, -0.15) is 0 Å². The minimum Gasteiger partial charge on any atom is -0.462 e. The molecule has 0 aliphatic heterocycles. The Kier molecular flexibility index (Phi) is 6.70. The van der Waals surface area contributed by atoms with E-state index in [0.717, 1.165) is 10.4 Å². The lowest BCUT2D eigenvalue weighted by atomic mass is 10.1. The standard InChI is InChI=1S/C18H19NO5S2/c1-3-10-26(22,23)12-16(20)19-17-14(18(21)24-4-2)11-15(25-17)13-8-6-5-7-9-13/h3,5-9,11H,1,4,10,12H2,2H3,(H,19,20). The van der Waals surface area contributed by atoms with E-state index in [0.29, 0.717) is 0 Å². The summed E-state index contributed by atoms with van der Waals surface area (Å²) in [6, 6.07) is 11.0. The van der Waals surface area contributed by atoms with Crippen LogP contribution in [0.4, 0.5) is 5.00 Å². The molecule has 6 nitrogen and oxygen atoms in total. The van der Waals surface area contributed by atoms with Crippen molar-refractivity contribution in [2.75, 3.05) is 23.4 Å². The average Bonchev–Trinajstić information content (AvgIpc) is 2.99. The van der Waals surface area contributed by atoms with Gasteiger partial charge in [-0.15, -0.1) is 17.9 Å². The summed E-state index contributed by atoms with van der Waals surface area (Å²) in [5.41, 5.74) is 1.08. The summed E-state index contributed by atoms with van der Waals surface area (Å²) in [5, 5.41) is 2.78. The lowest BCUT2D eigenvalue weighted by Crippen LogP contribution is -2.24. The van der Waals surface area contributed by atoms with Crippen LogP contribution >= 0.6 is 11.3 Å². The van der Waals surface area contributed by atoms with E-state index < -0.39 is 27.5 Å². The third kappa shape index (κ3) is 5.27. The summed E-state index contributed by atoms with van der Waals surface area (Å²) < 4.78 is 28.5. The zero-order chi connectivity index (χ0) is 19.2. The number of esters is 1. The molecular weight excluding hydrogens is 374 g/mol. The molecule has 8 heteroatoms. The number of rotatable bonds is 8. The number of amides is 1. The Bertz CT molecular complexity index is 901. The van der Waals surface area contributed by atoms with Crippen molar-refractivity contribution in [1.29, 1.82) is 0 Å². The zero-order valence-corrected chi connectivity index (χ0v) is 15.9. The zero-order valence-electron chi connectivity index (χ0n) is 14.2. The van der Waals surface area contributed by atoms with Crippen LogP contribution in [0.2, 0.25) is 0 Å². The SMILES string of the molecule is C=CCS(=O)(=O)CC(=O)Nc1sc(-c2ccccc2)cc1C(=O)OCC. The molecule has 0 radical (unpaired) electrons. The van der Waals surface area contributed by atoms with Crippen LogP contribution in [0.1, 0.15) is 17.3 Å². The summed E-state index contributed by atoms with van der Waals surface area (Å²) in [5.74, 6) is -2.25. The predicted molar refractivity (Wildman–Crippen MR) is 103 cm³/mol. The summed E-state index contributed by atoms with van der Waals surface area (Å²) >= 11 is 1.19. The maximum Gasteiger partial charge on any atom is 0.341 e. The highest BCUT2D eigenvalue weighted by Gasteiger charge is 2.22. The molecule has 0 saturated carbocycles. The smallest absolute Gasteiger partial charge is 0.341 e. The van der Waals surface area contributed by atoms with Crippen molar-refractivity contribution in [3.8, 4) is 10.4 Å². The number of thiophene rings is 1. The van der Waals surface area contributed by atoms with E-state index in [2.05, 4.69) is 11.9 Å². The molecule has 1 N–H and O–H groups in total. The van der Waals surface area contributed by atoms with Crippen LogP contribution < -0.4 is 5.32 Å². The first-order valence-electron chi connectivity index (χ1n) is 7.84. The van der Waals surface area contributed by atoms with E-state index in [9.17, 15) is 18.0 Å². The highest BCUT2D eigenvalue weighted by Crippen LogP contribution is 2.35. The third-order valence-corrected chi connectivity index (χ3v) is 5.81. The first-order chi connectivity index (χ1) is 12.4. The molecule has 26 heavy (non-hydrogen) atoms. The molecule has 0 saturated heterocycles. The Balaban J connectivity index is 2.30. The van der Waals surface area contributed by atoms with Gasteiger partial charge in [0.25, 0.3) is 0 Å². The number of carbonyl (C=O) groups is 2. The van der Waals surface area contributed by atoms with Gasteiger partial charge >= 0.3 is 5.97 Å². The molecule has 138 valence electrons. The van der Waals surface area contributed by atoms with Crippen LogP contribution in [0.3, 0.4) is 0 Å². The monoisotopic (exact) mass is 393 g/mol. The highest BCUT2D eigenvalue weighted by molar-refractivity contribution is 7.92. The van der Waals surface area contributed by atoms with Gasteiger partial charge in [-0.25, -0.2) is 13.2 Å². The van der Waals surface area contributed by atoms with Gasteiger partial charge in [-0.3, -0.25) is 4.79 Å². The molecule has 0 atom stereocenters. The van der Waals surface area contributed by atoms with Crippen LogP contribution in [0.5, 0.6) is 0 Å². The Hall–Kier alpha value is -2.45. The Morgan fingerprint density at radius 1 is 1.27 bits per heavy atom. The van der Waals surface area contributed by atoms with Crippen molar-refractivity contribution in [2.24, 2.45) is 0 Å². The van der Waals surface area contributed by atoms with Crippen molar-refractivity contribution >= 4 is 38.1 Å². The molecule has 0 aliphatic carbocycles. The molecule has 0 aliphatic rings. The molecule has 1 amide bonds. The van der Waals surface area contributed by atoms with E-state index in [1.807, 2.05) is 30.3 Å². The minimum atomic E-state index is -3.58. The van der Waals surface area contributed by atoms with Gasteiger partial charge in [0, 0.05) is 4.88 Å². The molecule has 0 bridgehead atoms. The van der Waals surface area contributed by atoms with Crippen LogP contribution in [0, 0.1) is 0 Å². The molecule has 1 aromatic carbocycles. The van der Waals surface area contributed by atoms with Crippen LogP contribution in [-0.4, -0.2) is 38.4 Å². The molecule has 2 aromatic rings. The lowest BCUT2D eigenvalue weighted by molar-refractivity contribution is -0.113. The van der Waals surface area contributed by atoms with Crippen molar-refractivity contribution < 1.29 is 22.7 Å². The summed E-state index contributed by atoms with van der Waals surface area (Å²) in [7, 11) is -3.58. The number of ether oxygens (including phenoxy) is 1. The number of nitrogens with one attached hydrogen (secondary N) is 1. The molecule has 0 spiro atoms. The number of hydrogen-bond acceptors (Lipinski definition) is 6. The van der Waals surface area contributed by atoms with Crippen molar-refractivity contribution in [3.63, 3.8) is 0 Å². The van der Waals surface area contributed by atoms with Crippen LogP contribution in [-0.2, 0) is 19.4 Å². The fraction of sp³-hybridized carbons (Fsp3) is 0.222. The Morgan fingerprint density at radius 3 is 2.58 bits per heavy atom. The fourth-order valence-electron chi connectivity index (χ4n) is 2.19. The molecular formula is C18H19NO5S2. The van der Waals surface area contributed by atoms with Gasteiger partial charge in [0.1, 0.15) is 10.8 Å². The summed E-state index contributed by atoms with van der Waals surface area (Å²) in [4.78, 5) is 25.1. The minimum absolute atomic E-state index is 0.191. The Morgan fingerprint density at radius 2 is 1.96 bits per heavy atom. The topological polar surface area (TPSA) is 89.5 Å². The quantitative estimate of drug-likeness (QED) is 0.550. The lowest BCUT2D eigenvalue weighted by Gasteiger charge is -2.06. The number of anilines is 1. The van der Waals surface area contributed by atoms with Gasteiger partial charge in [0.05, 0.1) is 17.9 Å². The van der Waals surface area contributed by atoms with E-state index in [-0.39, 0.29) is 22.9 Å². The second-order valence-electron chi connectivity index (χ2n) is 5.33. The second kappa shape index (κ2) is 8.77. The largest absolute Gasteiger partial charge is 0.462 e. The van der Waals surface area contributed by atoms with E-state index in [4.69, 9.17) is 4.74 Å². The summed E-state index contributed by atoms with van der Waals surface area (Å²) in [6.45, 7) is 5.24.